The van der Waals surface area contributed by atoms with Gasteiger partial charge in [-0.25, -0.2) is 13.1 Å². The lowest BCUT2D eigenvalue weighted by atomic mass is 10.1. The van der Waals surface area contributed by atoms with Crippen molar-refractivity contribution < 1.29 is 8.42 Å². The van der Waals surface area contributed by atoms with Crippen molar-refractivity contribution in [2.45, 2.75) is 31.2 Å². The highest BCUT2D eigenvalue weighted by atomic mass is 35.5. The van der Waals surface area contributed by atoms with Crippen molar-refractivity contribution in [1.29, 1.82) is 0 Å². The van der Waals surface area contributed by atoms with Crippen molar-refractivity contribution >= 4 is 27.3 Å². The summed E-state index contributed by atoms with van der Waals surface area (Å²) < 4.78 is 26.5. The molecule has 0 saturated heterocycles. The lowest BCUT2D eigenvalue weighted by molar-refractivity contribution is 0.492. The smallest absolute Gasteiger partial charge is 0.244 e. The zero-order chi connectivity index (χ0) is 12.6. The fraction of sp³-hybridized carbons (Fsp3) is 0.400. The standard InChI is InChI=1S/C10H15ClN2O2S/c1-10(2,3)13-16(14,15)9-7(11)5-4-6-8(9)12/h4-6,13H,12H2,1-3H3. The number of benzene rings is 1. The van der Waals surface area contributed by atoms with Gasteiger partial charge in [0, 0.05) is 5.54 Å². The SMILES string of the molecule is CC(C)(C)NS(=O)(=O)c1c(N)cccc1Cl. The van der Waals surface area contributed by atoms with Crippen LogP contribution in [0, 0.1) is 0 Å². The number of hydrogen-bond acceptors (Lipinski definition) is 3. The fourth-order valence-electron chi connectivity index (χ4n) is 1.26. The van der Waals surface area contributed by atoms with E-state index < -0.39 is 15.6 Å². The van der Waals surface area contributed by atoms with E-state index in [1.807, 2.05) is 0 Å². The molecule has 0 fully saturated rings. The number of nitrogens with two attached hydrogens (primary N) is 1. The first-order chi connectivity index (χ1) is 7.13. The van der Waals surface area contributed by atoms with E-state index in [1.54, 1.807) is 26.8 Å². The first-order valence-corrected chi connectivity index (χ1v) is 6.57. The van der Waals surface area contributed by atoms with Crippen molar-refractivity contribution in [3.63, 3.8) is 0 Å². The molecule has 0 amide bonds. The monoisotopic (exact) mass is 262 g/mol. The van der Waals surface area contributed by atoms with E-state index in [0.717, 1.165) is 0 Å². The molecule has 6 heteroatoms. The highest BCUT2D eigenvalue weighted by molar-refractivity contribution is 7.89. The minimum Gasteiger partial charge on any atom is -0.398 e. The van der Waals surface area contributed by atoms with Crippen LogP contribution in [0.4, 0.5) is 5.69 Å². The normalized spacial score (nSPS) is 12.8. The maximum atomic E-state index is 12.0. The second-order valence-electron chi connectivity index (χ2n) is 4.51. The number of sulfonamides is 1. The van der Waals surface area contributed by atoms with E-state index in [-0.39, 0.29) is 15.6 Å². The van der Waals surface area contributed by atoms with Crippen molar-refractivity contribution in [3.05, 3.63) is 23.2 Å². The van der Waals surface area contributed by atoms with Gasteiger partial charge in [0.15, 0.2) is 0 Å². The molecule has 1 rings (SSSR count). The van der Waals surface area contributed by atoms with Gasteiger partial charge >= 0.3 is 0 Å². The second-order valence-corrected chi connectivity index (χ2v) is 6.54. The Morgan fingerprint density at radius 3 is 2.31 bits per heavy atom. The molecule has 0 aliphatic rings. The Labute approximate surface area is 101 Å². The molecule has 16 heavy (non-hydrogen) atoms. The molecule has 0 atom stereocenters. The molecule has 3 N–H and O–H groups in total. The van der Waals surface area contributed by atoms with Crippen LogP contribution in [0.3, 0.4) is 0 Å². The number of halogens is 1. The largest absolute Gasteiger partial charge is 0.398 e. The lowest BCUT2D eigenvalue weighted by Crippen LogP contribution is -2.40. The van der Waals surface area contributed by atoms with E-state index in [2.05, 4.69) is 4.72 Å². The molecule has 0 aliphatic carbocycles. The maximum absolute atomic E-state index is 12.0. The first kappa shape index (κ1) is 13.3. The molecule has 0 radical (unpaired) electrons. The average Bonchev–Trinajstić information content (AvgIpc) is 1.97. The van der Waals surface area contributed by atoms with Crippen molar-refractivity contribution in [1.82, 2.24) is 4.72 Å². The van der Waals surface area contributed by atoms with E-state index in [0.29, 0.717) is 0 Å². The predicted octanol–water partition coefficient (Wildman–Crippen LogP) is 2.00. The molecular weight excluding hydrogens is 248 g/mol. The summed E-state index contributed by atoms with van der Waals surface area (Å²) in [5.41, 5.74) is 5.19. The highest BCUT2D eigenvalue weighted by Crippen LogP contribution is 2.27. The number of nitrogens with one attached hydrogen (secondary N) is 1. The molecule has 0 spiro atoms. The second kappa shape index (κ2) is 4.24. The summed E-state index contributed by atoms with van der Waals surface area (Å²) in [5, 5.41) is 0.122. The summed E-state index contributed by atoms with van der Waals surface area (Å²) in [6.07, 6.45) is 0. The summed E-state index contributed by atoms with van der Waals surface area (Å²) in [7, 11) is -3.69. The minimum atomic E-state index is -3.69. The molecule has 1 aromatic rings. The lowest BCUT2D eigenvalue weighted by Gasteiger charge is -2.21. The van der Waals surface area contributed by atoms with Crippen LogP contribution in [0.25, 0.3) is 0 Å². The number of anilines is 1. The molecule has 0 aromatic heterocycles. The van der Waals surface area contributed by atoms with Gasteiger partial charge in [-0.15, -0.1) is 0 Å². The number of rotatable bonds is 2. The van der Waals surface area contributed by atoms with E-state index in [4.69, 9.17) is 17.3 Å². The Balaban J connectivity index is 3.29. The highest BCUT2D eigenvalue weighted by Gasteiger charge is 2.25. The number of hydrogen-bond donors (Lipinski definition) is 2. The van der Waals surface area contributed by atoms with Crippen molar-refractivity contribution in [2.75, 3.05) is 5.73 Å². The van der Waals surface area contributed by atoms with E-state index in [9.17, 15) is 8.42 Å². The van der Waals surface area contributed by atoms with Gasteiger partial charge in [-0.3, -0.25) is 0 Å². The van der Waals surface area contributed by atoms with Gasteiger partial charge in [0.1, 0.15) is 4.90 Å². The summed E-state index contributed by atoms with van der Waals surface area (Å²) in [4.78, 5) is -0.0633. The predicted molar refractivity (Wildman–Crippen MR) is 65.9 cm³/mol. The maximum Gasteiger partial charge on any atom is 0.244 e. The third kappa shape index (κ3) is 3.10. The van der Waals surface area contributed by atoms with Crippen molar-refractivity contribution in [2.24, 2.45) is 0 Å². The summed E-state index contributed by atoms with van der Waals surface area (Å²) >= 11 is 5.84. The quantitative estimate of drug-likeness (QED) is 0.801. The van der Waals surface area contributed by atoms with Crippen LogP contribution in [0.2, 0.25) is 5.02 Å². The summed E-state index contributed by atoms with van der Waals surface area (Å²) in [6.45, 7) is 5.24. The molecule has 1 aromatic carbocycles. The Morgan fingerprint density at radius 1 is 1.31 bits per heavy atom. The van der Waals surface area contributed by atoms with Gasteiger partial charge in [0.05, 0.1) is 10.7 Å². The van der Waals surface area contributed by atoms with Gasteiger partial charge in [-0.05, 0) is 32.9 Å². The van der Waals surface area contributed by atoms with E-state index >= 15 is 0 Å². The Hall–Kier alpha value is -0.780. The zero-order valence-corrected chi connectivity index (χ0v) is 11.0. The molecule has 0 bridgehead atoms. The molecule has 0 unspecified atom stereocenters. The number of nitrogen functional groups attached to an aromatic ring is 1. The van der Waals surface area contributed by atoms with Gasteiger partial charge in [0.2, 0.25) is 10.0 Å². The molecule has 90 valence electrons. The van der Waals surface area contributed by atoms with Crippen LogP contribution >= 0.6 is 11.6 Å². The first-order valence-electron chi connectivity index (χ1n) is 4.71. The molecule has 4 nitrogen and oxygen atoms in total. The third-order valence-electron chi connectivity index (χ3n) is 1.71. The van der Waals surface area contributed by atoms with Crippen LogP contribution in [0.15, 0.2) is 23.1 Å². The third-order valence-corrected chi connectivity index (χ3v) is 4.01. The fourth-order valence-corrected chi connectivity index (χ4v) is 3.36. The summed E-state index contributed by atoms with van der Waals surface area (Å²) in [6, 6.07) is 4.60. The van der Waals surface area contributed by atoms with Crippen LogP contribution in [0.1, 0.15) is 20.8 Å². The minimum absolute atomic E-state index is 0.0633. The van der Waals surface area contributed by atoms with Crippen LogP contribution in [0.5, 0.6) is 0 Å². The molecular formula is C10H15ClN2O2S. The Kier molecular flexibility index (Phi) is 3.52. The Morgan fingerprint density at radius 2 is 1.88 bits per heavy atom. The van der Waals surface area contributed by atoms with Crippen LogP contribution < -0.4 is 10.5 Å². The van der Waals surface area contributed by atoms with E-state index in [1.165, 1.54) is 12.1 Å². The molecule has 0 saturated carbocycles. The van der Waals surface area contributed by atoms with Gasteiger partial charge in [-0.1, -0.05) is 17.7 Å². The average molecular weight is 263 g/mol. The van der Waals surface area contributed by atoms with Gasteiger partial charge in [-0.2, -0.15) is 0 Å². The zero-order valence-electron chi connectivity index (χ0n) is 9.41. The topological polar surface area (TPSA) is 72.2 Å². The van der Waals surface area contributed by atoms with Crippen LogP contribution in [-0.2, 0) is 10.0 Å². The summed E-state index contributed by atoms with van der Waals surface area (Å²) in [5.74, 6) is 0. The van der Waals surface area contributed by atoms with Gasteiger partial charge < -0.3 is 5.73 Å². The molecule has 0 aliphatic heterocycles. The van der Waals surface area contributed by atoms with Crippen LogP contribution in [-0.4, -0.2) is 14.0 Å². The molecule has 0 heterocycles. The van der Waals surface area contributed by atoms with Crippen molar-refractivity contribution in [3.8, 4) is 0 Å². The Bertz CT molecular complexity index is 472. The van der Waals surface area contributed by atoms with Gasteiger partial charge in [0.25, 0.3) is 0 Å².